The molecule has 18 heavy (non-hydrogen) atoms. The van der Waals surface area contributed by atoms with E-state index in [-0.39, 0.29) is 0 Å². The standard InChI is InChI=1S/C15H20N2S/c1-11-13(3)18-15(17-11)9-10-16-12(2)14-7-5-4-6-8-14/h4-8,12,16H,9-10H2,1-3H3. The van der Waals surface area contributed by atoms with E-state index in [1.54, 1.807) is 0 Å². The lowest BCUT2D eigenvalue weighted by Gasteiger charge is -2.13. The van der Waals surface area contributed by atoms with Crippen LogP contribution >= 0.6 is 11.3 Å². The van der Waals surface area contributed by atoms with Gasteiger partial charge in [0.25, 0.3) is 0 Å². The first kappa shape index (κ1) is 13.2. The van der Waals surface area contributed by atoms with Crippen molar-refractivity contribution < 1.29 is 0 Å². The number of nitrogens with one attached hydrogen (secondary N) is 1. The molecule has 0 fully saturated rings. The fourth-order valence-corrected chi connectivity index (χ4v) is 2.83. The minimum absolute atomic E-state index is 0.397. The quantitative estimate of drug-likeness (QED) is 0.887. The van der Waals surface area contributed by atoms with Gasteiger partial charge in [-0.3, -0.25) is 0 Å². The lowest BCUT2D eigenvalue weighted by atomic mass is 10.1. The van der Waals surface area contributed by atoms with Crippen LogP contribution in [0, 0.1) is 13.8 Å². The Morgan fingerprint density at radius 2 is 1.94 bits per heavy atom. The van der Waals surface area contributed by atoms with Crippen LogP contribution in [0.1, 0.15) is 34.1 Å². The van der Waals surface area contributed by atoms with E-state index in [0.717, 1.165) is 13.0 Å². The molecule has 0 spiro atoms. The highest BCUT2D eigenvalue weighted by atomic mass is 32.1. The minimum Gasteiger partial charge on any atom is -0.310 e. The summed E-state index contributed by atoms with van der Waals surface area (Å²) < 4.78 is 0. The Hall–Kier alpha value is -1.19. The van der Waals surface area contributed by atoms with E-state index in [4.69, 9.17) is 0 Å². The van der Waals surface area contributed by atoms with Crippen molar-refractivity contribution >= 4 is 11.3 Å². The summed E-state index contributed by atoms with van der Waals surface area (Å²) in [4.78, 5) is 5.89. The molecule has 1 aromatic carbocycles. The van der Waals surface area contributed by atoms with E-state index >= 15 is 0 Å². The normalized spacial score (nSPS) is 12.6. The number of hydrogen-bond acceptors (Lipinski definition) is 3. The van der Waals surface area contributed by atoms with Gasteiger partial charge in [-0.05, 0) is 26.3 Å². The first-order valence-corrected chi connectivity index (χ1v) is 7.19. The maximum absolute atomic E-state index is 4.56. The number of benzene rings is 1. The number of aromatic nitrogens is 1. The smallest absolute Gasteiger partial charge is 0.0943 e. The Morgan fingerprint density at radius 3 is 2.56 bits per heavy atom. The number of aryl methyl sites for hydroxylation is 2. The minimum atomic E-state index is 0.397. The molecule has 0 aliphatic heterocycles. The summed E-state index contributed by atoms with van der Waals surface area (Å²) in [6.07, 6.45) is 1.01. The molecule has 0 amide bonds. The fraction of sp³-hybridized carbons (Fsp3) is 0.400. The predicted molar refractivity (Wildman–Crippen MR) is 78.2 cm³/mol. The lowest BCUT2D eigenvalue weighted by molar-refractivity contribution is 0.576. The third kappa shape index (κ3) is 3.40. The monoisotopic (exact) mass is 260 g/mol. The van der Waals surface area contributed by atoms with Gasteiger partial charge < -0.3 is 5.32 Å². The van der Waals surface area contributed by atoms with E-state index in [9.17, 15) is 0 Å². The first-order chi connectivity index (χ1) is 8.66. The topological polar surface area (TPSA) is 24.9 Å². The molecule has 1 aromatic heterocycles. The fourth-order valence-electron chi connectivity index (χ4n) is 1.90. The Labute approximate surface area is 113 Å². The molecule has 0 radical (unpaired) electrons. The zero-order chi connectivity index (χ0) is 13.0. The molecule has 1 atom stereocenters. The molecule has 2 rings (SSSR count). The second-order valence-electron chi connectivity index (χ2n) is 4.59. The van der Waals surface area contributed by atoms with Crippen LogP contribution in [0.15, 0.2) is 30.3 Å². The highest BCUT2D eigenvalue weighted by Crippen LogP contribution is 2.17. The zero-order valence-corrected chi connectivity index (χ0v) is 12.1. The van der Waals surface area contributed by atoms with E-state index in [1.807, 2.05) is 11.3 Å². The van der Waals surface area contributed by atoms with E-state index in [1.165, 1.54) is 21.1 Å². The van der Waals surface area contributed by atoms with Crippen LogP contribution in [0.3, 0.4) is 0 Å². The summed E-state index contributed by atoms with van der Waals surface area (Å²) in [5.41, 5.74) is 2.51. The molecular formula is C15H20N2S. The highest BCUT2D eigenvalue weighted by Gasteiger charge is 2.06. The van der Waals surface area contributed by atoms with Gasteiger partial charge in [-0.2, -0.15) is 0 Å². The van der Waals surface area contributed by atoms with Crippen LogP contribution in [-0.2, 0) is 6.42 Å². The number of rotatable bonds is 5. The van der Waals surface area contributed by atoms with Crippen molar-refractivity contribution in [2.24, 2.45) is 0 Å². The third-order valence-corrected chi connectivity index (χ3v) is 4.29. The molecule has 2 aromatic rings. The summed E-state index contributed by atoms with van der Waals surface area (Å²) in [5.74, 6) is 0. The summed E-state index contributed by atoms with van der Waals surface area (Å²) in [5, 5.41) is 4.78. The molecule has 0 saturated carbocycles. The molecule has 3 heteroatoms. The van der Waals surface area contributed by atoms with Gasteiger partial charge in [-0.1, -0.05) is 30.3 Å². The molecule has 0 saturated heterocycles. The summed E-state index contributed by atoms with van der Waals surface area (Å²) in [6, 6.07) is 10.9. The Bertz CT molecular complexity index is 471. The van der Waals surface area contributed by atoms with Crippen LogP contribution in [0.25, 0.3) is 0 Å². The van der Waals surface area contributed by atoms with Crippen molar-refractivity contribution in [3.05, 3.63) is 51.5 Å². The van der Waals surface area contributed by atoms with E-state index < -0.39 is 0 Å². The average molecular weight is 260 g/mol. The Kier molecular flexibility index (Phi) is 4.50. The van der Waals surface area contributed by atoms with Crippen molar-refractivity contribution in [1.82, 2.24) is 10.3 Å². The van der Waals surface area contributed by atoms with Gasteiger partial charge in [-0.15, -0.1) is 11.3 Å². The highest BCUT2D eigenvalue weighted by molar-refractivity contribution is 7.11. The maximum Gasteiger partial charge on any atom is 0.0943 e. The van der Waals surface area contributed by atoms with Crippen molar-refractivity contribution in [2.45, 2.75) is 33.2 Å². The molecule has 0 bridgehead atoms. The molecule has 2 nitrogen and oxygen atoms in total. The van der Waals surface area contributed by atoms with Gasteiger partial charge in [-0.25, -0.2) is 4.98 Å². The van der Waals surface area contributed by atoms with Gasteiger partial charge in [0.15, 0.2) is 0 Å². The summed E-state index contributed by atoms with van der Waals surface area (Å²) in [7, 11) is 0. The van der Waals surface area contributed by atoms with Crippen molar-refractivity contribution in [1.29, 1.82) is 0 Å². The van der Waals surface area contributed by atoms with Crippen LogP contribution in [0.2, 0.25) is 0 Å². The number of hydrogen-bond donors (Lipinski definition) is 1. The van der Waals surface area contributed by atoms with Gasteiger partial charge in [0, 0.05) is 23.9 Å². The number of nitrogens with zero attached hydrogens (tertiary/aromatic N) is 1. The van der Waals surface area contributed by atoms with E-state index in [2.05, 4.69) is 61.4 Å². The molecule has 1 heterocycles. The van der Waals surface area contributed by atoms with Crippen molar-refractivity contribution in [3.63, 3.8) is 0 Å². The summed E-state index contributed by atoms with van der Waals surface area (Å²) in [6.45, 7) is 7.39. The molecule has 1 N–H and O–H groups in total. The van der Waals surface area contributed by atoms with Gasteiger partial charge in [0.2, 0.25) is 0 Å². The van der Waals surface area contributed by atoms with Crippen LogP contribution in [0.4, 0.5) is 0 Å². The Balaban J connectivity index is 1.82. The van der Waals surface area contributed by atoms with Crippen LogP contribution < -0.4 is 5.32 Å². The van der Waals surface area contributed by atoms with Gasteiger partial charge in [0.1, 0.15) is 0 Å². The maximum atomic E-state index is 4.56. The number of thiazole rings is 1. The zero-order valence-electron chi connectivity index (χ0n) is 11.2. The largest absolute Gasteiger partial charge is 0.310 e. The second-order valence-corrected chi connectivity index (χ2v) is 5.87. The SMILES string of the molecule is Cc1nc(CCNC(C)c2ccccc2)sc1C. The molecule has 1 unspecified atom stereocenters. The third-order valence-electron chi connectivity index (χ3n) is 3.16. The lowest BCUT2D eigenvalue weighted by Crippen LogP contribution is -2.21. The summed E-state index contributed by atoms with van der Waals surface area (Å²) >= 11 is 1.81. The predicted octanol–water partition coefficient (Wildman–Crippen LogP) is 3.65. The molecular weight excluding hydrogens is 240 g/mol. The average Bonchev–Trinajstić information content (AvgIpc) is 2.69. The first-order valence-electron chi connectivity index (χ1n) is 6.38. The van der Waals surface area contributed by atoms with Crippen molar-refractivity contribution in [2.75, 3.05) is 6.54 Å². The van der Waals surface area contributed by atoms with Crippen LogP contribution in [0.5, 0.6) is 0 Å². The van der Waals surface area contributed by atoms with Gasteiger partial charge in [0.05, 0.1) is 10.7 Å². The molecule has 0 aliphatic rings. The van der Waals surface area contributed by atoms with Crippen molar-refractivity contribution in [3.8, 4) is 0 Å². The second kappa shape index (κ2) is 6.12. The van der Waals surface area contributed by atoms with Crippen LogP contribution in [-0.4, -0.2) is 11.5 Å². The van der Waals surface area contributed by atoms with E-state index in [0.29, 0.717) is 6.04 Å². The molecule has 0 aliphatic carbocycles. The van der Waals surface area contributed by atoms with Gasteiger partial charge >= 0.3 is 0 Å². The molecule has 96 valence electrons. The Morgan fingerprint density at radius 1 is 1.22 bits per heavy atom.